The van der Waals surface area contributed by atoms with Crippen LogP contribution in [0.25, 0.3) is 0 Å². The van der Waals surface area contributed by atoms with E-state index in [0.717, 1.165) is 0 Å². The highest BCUT2D eigenvalue weighted by Crippen LogP contribution is 2.68. The van der Waals surface area contributed by atoms with Gasteiger partial charge in [-0.1, -0.05) is 60.7 Å². The van der Waals surface area contributed by atoms with E-state index in [1.165, 1.54) is 11.1 Å². The van der Waals surface area contributed by atoms with Crippen molar-refractivity contribution >= 4 is 0 Å². The van der Waals surface area contributed by atoms with Crippen LogP contribution in [-0.2, 0) is 9.47 Å². The maximum absolute atomic E-state index is 6.04. The zero-order chi connectivity index (χ0) is 13.8. The van der Waals surface area contributed by atoms with Gasteiger partial charge in [0.15, 0.2) is 0 Å². The largest absolute Gasteiger partial charge is 0.358 e. The highest BCUT2D eigenvalue weighted by atomic mass is 16.7. The molecular formula is C18H18O2. The van der Waals surface area contributed by atoms with Gasteiger partial charge in [0.05, 0.1) is 0 Å². The van der Waals surface area contributed by atoms with E-state index in [1.54, 1.807) is 0 Å². The molecular weight excluding hydrogens is 248 g/mol. The second-order valence-electron chi connectivity index (χ2n) is 6.03. The van der Waals surface area contributed by atoms with E-state index in [1.807, 2.05) is 12.1 Å². The lowest BCUT2D eigenvalue weighted by Crippen LogP contribution is -2.28. The normalized spacial score (nSPS) is 38.5. The average molecular weight is 266 g/mol. The van der Waals surface area contributed by atoms with Gasteiger partial charge < -0.3 is 9.47 Å². The van der Waals surface area contributed by atoms with Crippen molar-refractivity contribution in [3.05, 3.63) is 71.8 Å². The van der Waals surface area contributed by atoms with Gasteiger partial charge in [0.2, 0.25) is 0 Å². The Balaban J connectivity index is 1.58. The molecule has 0 radical (unpaired) electrons. The number of hydrogen-bond acceptors (Lipinski definition) is 2. The monoisotopic (exact) mass is 266 g/mol. The van der Waals surface area contributed by atoms with Gasteiger partial charge in [-0.2, -0.15) is 0 Å². The highest BCUT2D eigenvalue weighted by Gasteiger charge is 2.75. The van der Waals surface area contributed by atoms with Gasteiger partial charge in [0.25, 0.3) is 0 Å². The predicted molar refractivity (Wildman–Crippen MR) is 77.3 cm³/mol. The van der Waals surface area contributed by atoms with Crippen molar-refractivity contribution in [2.24, 2.45) is 0 Å². The average Bonchev–Trinajstić information content (AvgIpc) is 3.38. The molecule has 2 heteroatoms. The zero-order valence-corrected chi connectivity index (χ0v) is 11.7. The fourth-order valence-corrected chi connectivity index (χ4v) is 3.20. The van der Waals surface area contributed by atoms with E-state index < -0.39 is 0 Å². The van der Waals surface area contributed by atoms with E-state index in [-0.39, 0.29) is 23.4 Å². The lowest BCUT2D eigenvalue weighted by molar-refractivity contribution is 0.182. The molecule has 0 amide bonds. The van der Waals surface area contributed by atoms with Crippen LogP contribution in [0.1, 0.15) is 37.2 Å². The lowest BCUT2D eigenvalue weighted by Gasteiger charge is -2.12. The Morgan fingerprint density at radius 2 is 1.00 bits per heavy atom. The van der Waals surface area contributed by atoms with Gasteiger partial charge in [0, 0.05) is 0 Å². The molecule has 20 heavy (non-hydrogen) atoms. The van der Waals surface area contributed by atoms with Crippen LogP contribution in [-0.4, -0.2) is 11.2 Å². The van der Waals surface area contributed by atoms with E-state index >= 15 is 0 Å². The third-order valence-corrected chi connectivity index (χ3v) is 4.80. The first kappa shape index (κ1) is 12.1. The van der Waals surface area contributed by atoms with E-state index in [4.69, 9.17) is 9.47 Å². The predicted octanol–water partition coefficient (Wildman–Crippen LogP) is 4.05. The van der Waals surface area contributed by atoms with Crippen molar-refractivity contribution in [1.29, 1.82) is 0 Å². The van der Waals surface area contributed by atoms with Gasteiger partial charge in [-0.3, -0.25) is 0 Å². The summed E-state index contributed by atoms with van der Waals surface area (Å²) in [6.45, 7) is 4.32. The van der Waals surface area contributed by atoms with Crippen molar-refractivity contribution < 1.29 is 9.47 Å². The smallest absolute Gasteiger partial charge is 0.128 e. The Hall–Kier alpha value is -1.64. The van der Waals surface area contributed by atoms with Crippen LogP contribution >= 0.6 is 0 Å². The van der Waals surface area contributed by atoms with Crippen LogP contribution in [0.15, 0.2) is 60.7 Å². The Morgan fingerprint density at radius 1 is 0.650 bits per heavy atom. The van der Waals surface area contributed by atoms with Crippen LogP contribution in [0.3, 0.4) is 0 Å². The molecule has 0 unspecified atom stereocenters. The number of benzene rings is 2. The molecule has 0 aromatic heterocycles. The fourth-order valence-electron chi connectivity index (χ4n) is 3.20. The first-order valence-corrected chi connectivity index (χ1v) is 7.11. The molecule has 0 bridgehead atoms. The molecule has 2 heterocycles. The molecule has 2 aliphatic rings. The van der Waals surface area contributed by atoms with Crippen molar-refractivity contribution in [2.75, 3.05) is 0 Å². The SMILES string of the molecule is C[C@]1([C@@]2(C)O[C@H]2c2ccccc2)O[C@H]1c1ccccc1. The first-order valence-electron chi connectivity index (χ1n) is 7.11. The molecule has 0 spiro atoms. The topological polar surface area (TPSA) is 25.1 Å². The number of rotatable bonds is 3. The summed E-state index contributed by atoms with van der Waals surface area (Å²) in [7, 11) is 0. The highest BCUT2D eigenvalue weighted by molar-refractivity contribution is 5.36. The minimum absolute atomic E-state index is 0.141. The minimum Gasteiger partial charge on any atom is -0.358 e. The van der Waals surface area contributed by atoms with E-state index in [2.05, 4.69) is 62.4 Å². The lowest BCUT2D eigenvalue weighted by atomic mass is 9.84. The van der Waals surface area contributed by atoms with E-state index in [0.29, 0.717) is 0 Å². The molecule has 102 valence electrons. The molecule has 2 saturated heterocycles. The Morgan fingerprint density at radius 3 is 1.35 bits per heavy atom. The number of hydrogen-bond donors (Lipinski definition) is 0. The third kappa shape index (κ3) is 1.58. The molecule has 2 nitrogen and oxygen atoms in total. The standard InChI is InChI=1S/C18H18O2/c1-17(15(19-17)13-9-5-3-6-10-13)18(2)16(20-18)14-11-7-4-8-12-14/h3-12,15-16H,1-2H3/t15-,16-,17-,18-/m0/s1. The van der Waals surface area contributed by atoms with Crippen LogP contribution in [0.5, 0.6) is 0 Å². The van der Waals surface area contributed by atoms with Crippen molar-refractivity contribution in [2.45, 2.75) is 37.3 Å². The molecule has 4 rings (SSSR count). The number of epoxide rings is 2. The summed E-state index contributed by atoms with van der Waals surface area (Å²) >= 11 is 0. The molecule has 0 aliphatic carbocycles. The number of ether oxygens (including phenoxy) is 2. The Bertz CT molecular complexity index is 567. The van der Waals surface area contributed by atoms with Gasteiger partial charge in [-0.25, -0.2) is 0 Å². The second kappa shape index (κ2) is 3.94. The summed E-state index contributed by atoms with van der Waals surface area (Å²) in [5.74, 6) is 0. The molecule has 2 aliphatic heterocycles. The summed E-state index contributed by atoms with van der Waals surface area (Å²) in [4.78, 5) is 0. The van der Waals surface area contributed by atoms with Crippen molar-refractivity contribution in [3.63, 3.8) is 0 Å². The molecule has 2 aromatic carbocycles. The van der Waals surface area contributed by atoms with Gasteiger partial charge in [-0.15, -0.1) is 0 Å². The summed E-state index contributed by atoms with van der Waals surface area (Å²) in [5.41, 5.74) is 2.01. The molecule has 4 atom stereocenters. The fraction of sp³-hybridized carbons (Fsp3) is 0.333. The quantitative estimate of drug-likeness (QED) is 0.783. The van der Waals surface area contributed by atoms with Gasteiger partial charge in [0.1, 0.15) is 23.4 Å². The summed E-state index contributed by atoms with van der Waals surface area (Å²) in [6, 6.07) is 20.8. The molecule has 0 saturated carbocycles. The Labute approximate surface area is 119 Å². The molecule has 2 fully saturated rings. The van der Waals surface area contributed by atoms with Crippen molar-refractivity contribution in [3.8, 4) is 0 Å². The van der Waals surface area contributed by atoms with Crippen LogP contribution in [0.2, 0.25) is 0 Å². The maximum atomic E-state index is 6.04. The maximum Gasteiger partial charge on any atom is 0.128 e. The summed E-state index contributed by atoms with van der Waals surface area (Å²) in [5, 5.41) is 0. The van der Waals surface area contributed by atoms with Crippen LogP contribution in [0, 0.1) is 0 Å². The minimum atomic E-state index is -0.227. The van der Waals surface area contributed by atoms with Gasteiger partial charge in [-0.05, 0) is 25.0 Å². The third-order valence-electron chi connectivity index (χ3n) is 4.80. The Kier molecular flexibility index (Phi) is 2.39. The summed E-state index contributed by atoms with van der Waals surface area (Å²) in [6.07, 6.45) is 0.282. The first-order chi connectivity index (χ1) is 9.65. The van der Waals surface area contributed by atoms with Crippen LogP contribution < -0.4 is 0 Å². The molecule has 0 N–H and O–H groups in total. The molecule has 2 aromatic rings. The van der Waals surface area contributed by atoms with Gasteiger partial charge >= 0.3 is 0 Å². The van der Waals surface area contributed by atoms with Crippen molar-refractivity contribution in [1.82, 2.24) is 0 Å². The summed E-state index contributed by atoms with van der Waals surface area (Å²) < 4.78 is 12.1. The van der Waals surface area contributed by atoms with E-state index in [9.17, 15) is 0 Å². The zero-order valence-electron chi connectivity index (χ0n) is 11.7. The van der Waals surface area contributed by atoms with Crippen LogP contribution in [0.4, 0.5) is 0 Å². The second-order valence-corrected chi connectivity index (χ2v) is 6.03.